The number of piperazine rings is 1. The summed E-state index contributed by atoms with van der Waals surface area (Å²) in [6.45, 7) is 6.99. The average Bonchev–Trinajstić information content (AvgIpc) is 2.57. The van der Waals surface area contributed by atoms with E-state index in [2.05, 4.69) is 16.7 Å². The monoisotopic (exact) mass is 225 g/mol. The molecule has 0 aromatic carbocycles. The number of amides is 2. The lowest BCUT2D eigenvalue weighted by Crippen LogP contribution is -2.52. The van der Waals surface area contributed by atoms with E-state index in [1.165, 1.54) is 4.90 Å². The standard InChI is InChI=1S/C11H19N3O2/c1-3-13-4-6-14(7-5-13)9-8-10(15)12(2)11(9)16/h9H,3-8H2,1-2H3. The zero-order chi connectivity index (χ0) is 11.7. The minimum Gasteiger partial charge on any atom is -0.301 e. The van der Waals surface area contributed by atoms with Crippen LogP contribution >= 0.6 is 0 Å². The Morgan fingerprint density at radius 3 is 2.25 bits per heavy atom. The maximum atomic E-state index is 11.8. The fraction of sp³-hybridized carbons (Fsp3) is 0.818. The van der Waals surface area contributed by atoms with Gasteiger partial charge < -0.3 is 4.90 Å². The number of nitrogens with zero attached hydrogens (tertiary/aromatic N) is 3. The van der Waals surface area contributed by atoms with Gasteiger partial charge in [-0.2, -0.15) is 0 Å². The van der Waals surface area contributed by atoms with Crippen LogP contribution in [0.15, 0.2) is 0 Å². The van der Waals surface area contributed by atoms with Crippen LogP contribution in [0, 0.1) is 0 Å². The van der Waals surface area contributed by atoms with Gasteiger partial charge in [-0.1, -0.05) is 6.92 Å². The Morgan fingerprint density at radius 1 is 1.19 bits per heavy atom. The maximum Gasteiger partial charge on any atom is 0.246 e. The second-order valence-corrected chi connectivity index (χ2v) is 4.48. The summed E-state index contributed by atoms with van der Waals surface area (Å²) in [5.74, 6) is -0.0807. The van der Waals surface area contributed by atoms with Crippen LogP contribution in [0.1, 0.15) is 13.3 Å². The molecule has 1 unspecified atom stereocenters. The molecule has 0 saturated carbocycles. The Morgan fingerprint density at radius 2 is 1.81 bits per heavy atom. The van der Waals surface area contributed by atoms with Crippen molar-refractivity contribution in [2.45, 2.75) is 19.4 Å². The SMILES string of the molecule is CCN1CCN(C2CC(=O)N(C)C2=O)CC1. The summed E-state index contributed by atoms with van der Waals surface area (Å²) in [7, 11) is 1.58. The summed E-state index contributed by atoms with van der Waals surface area (Å²) >= 11 is 0. The zero-order valence-electron chi connectivity index (χ0n) is 9.98. The molecule has 2 saturated heterocycles. The highest BCUT2D eigenvalue weighted by molar-refractivity contribution is 6.05. The highest BCUT2D eigenvalue weighted by Gasteiger charge is 2.40. The lowest BCUT2D eigenvalue weighted by atomic mass is 10.2. The van der Waals surface area contributed by atoms with Crippen LogP contribution in [-0.4, -0.2) is 72.3 Å². The molecular weight excluding hydrogens is 206 g/mol. The van der Waals surface area contributed by atoms with Crippen LogP contribution in [0.5, 0.6) is 0 Å². The van der Waals surface area contributed by atoms with Crippen molar-refractivity contribution in [2.24, 2.45) is 0 Å². The fourth-order valence-corrected chi connectivity index (χ4v) is 2.41. The van der Waals surface area contributed by atoms with Crippen LogP contribution < -0.4 is 0 Å². The largest absolute Gasteiger partial charge is 0.301 e. The number of rotatable bonds is 2. The van der Waals surface area contributed by atoms with E-state index in [1.807, 2.05) is 0 Å². The van der Waals surface area contributed by atoms with Crippen molar-refractivity contribution in [1.29, 1.82) is 0 Å². The van der Waals surface area contributed by atoms with E-state index in [0.717, 1.165) is 32.7 Å². The third-order valence-corrected chi connectivity index (χ3v) is 3.65. The molecule has 5 heteroatoms. The quantitative estimate of drug-likeness (QED) is 0.588. The molecule has 0 bridgehead atoms. The molecule has 2 amide bonds. The predicted octanol–water partition coefficient (Wildman–Crippen LogP) is -0.619. The van der Waals surface area contributed by atoms with Gasteiger partial charge in [0.1, 0.15) is 0 Å². The second kappa shape index (κ2) is 4.51. The van der Waals surface area contributed by atoms with E-state index < -0.39 is 0 Å². The third kappa shape index (κ3) is 1.97. The molecular formula is C11H19N3O2. The van der Waals surface area contributed by atoms with E-state index in [0.29, 0.717) is 6.42 Å². The Balaban J connectivity index is 1.95. The number of likely N-dealkylation sites (tertiary alicyclic amines) is 1. The van der Waals surface area contributed by atoms with Crippen molar-refractivity contribution in [3.63, 3.8) is 0 Å². The topological polar surface area (TPSA) is 43.9 Å². The smallest absolute Gasteiger partial charge is 0.246 e. The summed E-state index contributed by atoms with van der Waals surface area (Å²) in [6, 6.07) is -0.198. The molecule has 2 heterocycles. The Hall–Kier alpha value is -0.940. The van der Waals surface area contributed by atoms with Crippen molar-refractivity contribution < 1.29 is 9.59 Å². The van der Waals surface area contributed by atoms with E-state index in [4.69, 9.17) is 0 Å². The highest BCUT2D eigenvalue weighted by atomic mass is 16.2. The number of carbonyl (C=O) groups is 2. The van der Waals surface area contributed by atoms with Gasteiger partial charge >= 0.3 is 0 Å². The molecule has 0 aromatic heterocycles. The van der Waals surface area contributed by atoms with Gasteiger partial charge in [0, 0.05) is 33.2 Å². The first-order valence-corrected chi connectivity index (χ1v) is 5.90. The van der Waals surface area contributed by atoms with Crippen LogP contribution in [0.25, 0.3) is 0 Å². The first-order chi connectivity index (χ1) is 7.63. The molecule has 0 radical (unpaired) electrons. The Kier molecular flexibility index (Phi) is 3.25. The third-order valence-electron chi connectivity index (χ3n) is 3.65. The molecule has 16 heavy (non-hydrogen) atoms. The number of carbonyl (C=O) groups excluding carboxylic acids is 2. The zero-order valence-corrected chi connectivity index (χ0v) is 9.98. The summed E-state index contributed by atoms with van der Waals surface area (Å²) in [4.78, 5) is 29.0. The predicted molar refractivity (Wildman–Crippen MR) is 59.9 cm³/mol. The van der Waals surface area contributed by atoms with E-state index in [-0.39, 0.29) is 17.9 Å². The highest BCUT2D eigenvalue weighted by Crippen LogP contribution is 2.18. The minimum atomic E-state index is -0.198. The summed E-state index contributed by atoms with van der Waals surface area (Å²) < 4.78 is 0. The molecule has 1 atom stereocenters. The van der Waals surface area contributed by atoms with Crippen LogP contribution in [-0.2, 0) is 9.59 Å². The van der Waals surface area contributed by atoms with E-state index in [9.17, 15) is 9.59 Å². The first-order valence-electron chi connectivity index (χ1n) is 5.90. The van der Waals surface area contributed by atoms with Gasteiger partial charge in [0.2, 0.25) is 11.8 Å². The van der Waals surface area contributed by atoms with E-state index in [1.54, 1.807) is 7.05 Å². The number of likely N-dealkylation sites (N-methyl/N-ethyl adjacent to an activating group) is 2. The van der Waals surface area contributed by atoms with Gasteiger partial charge in [0.05, 0.1) is 12.5 Å². The minimum absolute atomic E-state index is 0.0325. The molecule has 2 fully saturated rings. The molecule has 2 aliphatic rings. The van der Waals surface area contributed by atoms with Gasteiger partial charge in [0.15, 0.2) is 0 Å². The van der Waals surface area contributed by atoms with Crippen molar-refractivity contribution >= 4 is 11.8 Å². The first kappa shape index (κ1) is 11.5. The van der Waals surface area contributed by atoms with Gasteiger partial charge in [-0.25, -0.2) is 0 Å². The summed E-state index contributed by atoms with van der Waals surface area (Å²) in [6.07, 6.45) is 0.363. The van der Waals surface area contributed by atoms with Gasteiger partial charge in [-0.15, -0.1) is 0 Å². The van der Waals surface area contributed by atoms with Gasteiger partial charge in [-0.3, -0.25) is 19.4 Å². The number of hydrogen-bond donors (Lipinski definition) is 0. The van der Waals surface area contributed by atoms with Crippen LogP contribution in [0.2, 0.25) is 0 Å². The summed E-state index contributed by atoms with van der Waals surface area (Å²) in [5, 5.41) is 0. The van der Waals surface area contributed by atoms with Crippen molar-refractivity contribution in [3.8, 4) is 0 Å². The Bertz CT molecular complexity index is 298. The fourth-order valence-electron chi connectivity index (χ4n) is 2.41. The van der Waals surface area contributed by atoms with Crippen molar-refractivity contribution in [1.82, 2.24) is 14.7 Å². The molecule has 2 aliphatic heterocycles. The molecule has 0 spiro atoms. The van der Waals surface area contributed by atoms with Crippen LogP contribution in [0.4, 0.5) is 0 Å². The Labute approximate surface area is 96.0 Å². The number of imide groups is 1. The lowest BCUT2D eigenvalue weighted by Gasteiger charge is -2.36. The molecule has 90 valence electrons. The molecule has 0 N–H and O–H groups in total. The number of hydrogen-bond acceptors (Lipinski definition) is 4. The second-order valence-electron chi connectivity index (χ2n) is 4.48. The van der Waals surface area contributed by atoms with Crippen LogP contribution in [0.3, 0.4) is 0 Å². The molecule has 2 rings (SSSR count). The van der Waals surface area contributed by atoms with Crippen molar-refractivity contribution in [3.05, 3.63) is 0 Å². The maximum absolute atomic E-state index is 11.8. The van der Waals surface area contributed by atoms with Gasteiger partial charge in [0.25, 0.3) is 0 Å². The summed E-state index contributed by atoms with van der Waals surface area (Å²) in [5.41, 5.74) is 0. The van der Waals surface area contributed by atoms with Gasteiger partial charge in [-0.05, 0) is 6.54 Å². The van der Waals surface area contributed by atoms with E-state index >= 15 is 0 Å². The normalized spacial score (nSPS) is 29.1. The molecule has 0 aliphatic carbocycles. The lowest BCUT2D eigenvalue weighted by molar-refractivity contribution is -0.138. The molecule has 0 aromatic rings. The average molecular weight is 225 g/mol. The molecule has 5 nitrogen and oxygen atoms in total. The van der Waals surface area contributed by atoms with Crippen molar-refractivity contribution in [2.75, 3.05) is 39.8 Å².